The number of aliphatic hydroxyl groups excluding tert-OH is 1. The minimum atomic E-state index is -0.771. The van der Waals surface area contributed by atoms with E-state index < -0.39 is 18.0 Å². The molecule has 0 saturated heterocycles. The molecule has 4 unspecified atom stereocenters. The molecule has 0 aliphatic heterocycles. The fraction of sp³-hybridized carbons (Fsp3) is 0.562. The fourth-order valence-corrected chi connectivity index (χ4v) is 3.16. The van der Waals surface area contributed by atoms with Gasteiger partial charge in [0.15, 0.2) is 0 Å². The first-order valence-corrected chi connectivity index (χ1v) is 7.00. The number of carboxylic acid groups (broad SMARTS) is 1. The largest absolute Gasteiger partial charge is 0.481 e. The Morgan fingerprint density at radius 1 is 1.32 bits per heavy atom. The summed E-state index contributed by atoms with van der Waals surface area (Å²) in [4.78, 5) is 11.4. The number of aliphatic hydroxyl groups is 1. The number of aryl methyl sites for hydroxylation is 1. The summed E-state index contributed by atoms with van der Waals surface area (Å²) in [6.45, 7) is 4.09. The van der Waals surface area contributed by atoms with Crippen LogP contribution in [0.1, 0.15) is 43.4 Å². The summed E-state index contributed by atoms with van der Waals surface area (Å²) in [6.07, 6.45) is 1.82. The molecule has 0 heterocycles. The van der Waals surface area contributed by atoms with Crippen molar-refractivity contribution in [3.05, 3.63) is 35.4 Å². The van der Waals surface area contributed by atoms with E-state index in [1.54, 1.807) is 0 Å². The average Bonchev–Trinajstić information content (AvgIpc) is 2.83. The van der Waals surface area contributed by atoms with E-state index >= 15 is 0 Å². The molecule has 0 radical (unpaired) electrons. The van der Waals surface area contributed by atoms with Gasteiger partial charge in [0.25, 0.3) is 0 Å². The van der Waals surface area contributed by atoms with Gasteiger partial charge in [0.05, 0.1) is 12.0 Å². The quantitative estimate of drug-likeness (QED) is 0.876. The van der Waals surface area contributed by atoms with Gasteiger partial charge in [0.1, 0.15) is 0 Å². The van der Waals surface area contributed by atoms with Crippen molar-refractivity contribution in [2.24, 2.45) is 17.8 Å². The van der Waals surface area contributed by atoms with E-state index in [4.69, 9.17) is 0 Å². The molecule has 4 atom stereocenters. The molecule has 19 heavy (non-hydrogen) atoms. The van der Waals surface area contributed by atoms with Gasteiger partial charge in [-0.3, -0.25) is 4.79 Å². The molecular formula is C16H22O3. The zero-order valence-corrected chi connectivity index (χ0v) is 11.5. The summed E-state index contributed by atoms with van der Waals surface area (Å²) in [5.74, 6) is -0.926. The minimum absolute atomic E-state index is 0.162. The van der Waals surface area contributed by atoms with E-state index in [9.17, 15) is 15.0 Å². The van der Waals surface area contributed by atoms with Crippen molar-refractivity contribution in [1.29, 1.82) is 0 Å². The lowest BCUT2D eigenvalue weighted by Crippen LogP contribution is -2.23. The van der Waals surface area contributed by atoms with Crippen LogP contribution in [0.3, 0.4) is 0 Å². The number of hydrogen-bond donors (Lipinski definition) is 2. The molecule has 1 fully saturated rings. The second kappa shape index (κ2) is 5.74. The highest BCUT2D eigenvalue weighted by molar-refractivity contribution is 5.71. The molecule has 0 bridgehead atoms. The first kappa shape index (κ1) is 14.1. The highest BCUT2D eigenvalue weighted by Crippen LogP contribution is 2.44. The maximum atomic E-state index is 11.4. The molecule has 0 spiro atoms. The lowest BCUT2D eigenvalue weighted by Gasteiger charge is -2.22. The van der Waals surface area contributed by atoms with Crippen molar-refractivity contribution < 1.29 is 15.0 Å². The molecule has 2 N–H and O–H groups in total. The molecule has 1 aromatic rings. The van der Waals surface area contributed by atoms with Crippen molar-refractivity contribution in [2.75, 3.05) is 0 Å². The summed E-state index contributed by atoms with van der Waals surface area (Å²) in [5, 5.41) is 19.8. The number of aliphatic carboxylic acids is 1. The Hall–Kier alpha value is -1.35. The third kappa shape index (κ3) is 2.98. The van der Waals surface area contributed by atoms with Crippen LogP contribution in [-0.4, -0.2) is 16.2 Å². The summed E-state index contributed by atoms with van der Waals surface area (Å²) >= 11 is 0. The van der Waals surface area contributed by atoms with Crippen molar-refractivity contribution >= 4 is 5.97 Å². The van der Waals surface area contributed by atoms with Gasteiger partial charge in [0, 0.05) is 5.92 Å². The van der Waals surface area contributed by atoms with Crippen LogP contribution >= 0.6 is 0 Å². The normalized spacial score (nSPS) is 28.3. The van der Waals surface area contributed by atoms with Gasteiger partial charge >= 0.3 is 5.97 Å². The van der Waals surface area contributed by atoms with Crippen molar-refractivity contribution in [3.8, 4) is 0 Å². The molecule has 1 aliphatic carbocycles. The third-order valence-electron chi connectivity index (χ3n) is 4.43. The van der Waals surface area contributed by atoms with E-state index in [1.165, 1.54) is 0 Å². The van der Waals surface area contributed by atoms with Crippen LogP contribution in [0.2, 0.25) is 0 Å². The van der Waals surface area contributed by atoms with E-state index in [2.05, 4.69) is 6.92 Å². The van der Waals surface area contributed by atoms with Gasteiger partial charge in [0.2, 0.25) is 0 Å². The molecule has 3 nitrogen and oxygen atoms in total. The Morgan fingerprint density at radius 3 is 2.47 bits per heavy atom. The molecule has 1 aromatic carbocycles. The number of hydrogen-bond acceptors (Lipinski definition) is 2. The van der Waals surface area contributed by atoms with Crippen molar-refractivity contribution in [2.45, 2.75) is 39.2 Å². The number of benzene rings is 1. The zero-order valence-electron chi connectivity index (χ0n) is 11.5. The molecule has 3 heteroatoms. The molecule has 2 rings (SSSR count). The van der Waals surface area contributed by atoms with Gasteiger partial charge in [-0.2, -0.15) is 0 Å². The smallest absolute Gasteiger partial charge is 0.306 e. The van der Waals surface area contributed by atoms with Gasteiger partial charge < -0.3 is 10.2 Å². The second-order valence-corrected chi connectivity index (χ2v) is 5.71. The van der Waals surface area contributed by atoms with Crippen LogP contribution in [0, 0.1) is 24.7 Å². The maximum Gasteiger partial charge on any atom is 0.306 e. The van der Waals surface area contributed by atoms with E-state index in [1.807, 2.05) is 31.2 Å². The fourth-order valence-electron chi connectivity index (χ4n) is 3.16. The summed E-state index contributed by atoms with van der Waals surface area (Å²) in [6, 6.07) is 7.72. The SMILES string of the molecule is CCC1CC(C(=O)O)C(C(O)c2ccc(C)cc2)C1. The average molecular weight is 262 g/mol. The van der Waals surface area contributed by atoms with Crippen molar-refractivity contribution in [1.82, 2.24) is 0 Å². The van der Waals surface area contributed by atoms with Gasteiger partial charge in [-0.15, -0.1) is 0 Å². The Morgan fingerprint density at radius 2 is 1.95 bits per heavy atom. The Balaban J connectivity index is 2.18. The van der Waals surface area contributed by atoms with Crippen molar-refractivity contribution in [3.63, 3.8) is 0 Å². The Bertz CT molecular complexity index is 438. The standard InChI is InChI=1S/C16H22O3/c1-3-11-8-13(14(9-11)16(18)19)15(17)12-6-4-10(2)5-7-12/h4-7,11,13-15,17H,3,8-9H2,1-2H3,(H,18,19). The van der Waals surface area contributed by atoms with Gasteiger partial charge in [-0.1, -0.05) is 43.2 Å². The number of rotatable bonds is 4. The van der Waals surface area contributed by atoms with Gasteiger partial charge in [-0.25, -0.2) is 0 Å². The third-order valence-corrected chi connectivity index (χ3v) is 4.43. The van der Waals surface area contributed by atoms with Gasteiger partial charge in [-0.05, 0) is 31.2 Å². The Labute approximate surface area is 114 Å². The van der Waals surface area contributed by atoms with E-state index in [-0.39, 0.29) is 5.92 Å². The lowest BCUT2D eigenvalue weighted by molar-refractivity contribution is -0.144. The lowest BCUT2D eigenvalue weighted by atomic mass is 9.87. The Kier molecular flexibility index (Phi) is 4.25. The monoisotopic (exact) mass is 262 g/mol. The summed E-state index contributed by atoms with van der Waals surface area (Å²) < 4.78 is 0. The van der Waals surface area contributed by atoms with E-state index in [0.29, 0.717) is 12.3 Å². The number of carbonyl (C=O) groups is 1. The van der Waals surface area contributed by atoms with Crippen LogP contribution in [0.15, 0.2) is 24.3 Å². The highest BCUT2D eigenvalue weighted by atomic mass is 16.4. The van der Waals surface area contributed by atoms with Crippen LogP contribution in [0.5, 0.6) is 0 Å². The zero-order chi connectivity index (χ0) is 14.0. The van der Waals surface area contributed by atoms with Crippen LogP contribution in [0.4, 0.5) is 0 Å². The van der Waals surface area contributed by atoms with E-state index in [0.717, 1.165) is 24.0 Å². The summed E-state index contributed by atoms with van der Waals surface area (Å²) in [7, 11) is 0. The molecular weight excluding hydrogens is 240 g/mol. The minimum Gasteiger partial charge on any atom is -0.481 e. The highest BCUT2D eigenvalue weighted by Gasteiger charge is 2.42. The van der Waals surface area contributed by atoms with Crippen LogP contribution in [0.25, 0.3) is 0 Å². The maximum absolute atomic E-state index is 11.4. The predicted molar refractivity (Wildman–Crippen MR) is 73.8 cm³/mol. The topological polar surface area (TPSA) is 57.5 Å². The van der Waals surface area contributed by atoms with Crippen LogP contribution < -0.4 is 0 Å². The first-order chi connectivity index (χ1) is 9.02. The first-order valence-electron chi connectivity index (χ1n) is 7.00. The number of carboxylic acids is 1. The molecule has 1 saturated carbocycles. The second-order valence-electron chi connectivity index (χ2n) is 5.71. The van der Waals surface area contributed by atoms with Crippen LogP contribution in [-0.2, 0) is 4.79 Å². The summed E-state index contributed by atoms with van der Waals surface area (Å²) in [5.41, 5.74) is 1.97. The molecule has 0 aromatic heterocycles. The molecule has 104 valence electrons. The molecule has 1 aliphatic rings. The molecule has 0 amide bonds. The predicted octanol–water partition coefficient (Wildman–Crippen LogP) is 3.17.